The summed E-state index contributed by atoms with van der Waals surface area (Å²) in [5.41, 5.74) is 0.00612. The van der Waals surface area contributed by atoms with Crippen LogP contribution in [0.2, 0.25) is 0 Å². The van der Waals surface area contributed by atoms with Gasteiger partial charge in [-0.2, -0.15) is 0 Å². The number of nitrogens with one attached hydrogen (secondary N) is 2. The van der Waals surface area contributed by atoms with Crippen molar-refractivity contribution in [1.82, 2.24) is 5.32 Å². The fourth-order valence-electron chi connectivity index (χ4n) is 6.31. The first kappa shape index (κ1) is 30.0. The van der Waals surface area contributed by atoms with Gasteiger partial charge in [-0.1, -0.05) is 50.3 Å². The third-order valence-corrected chi connectivity index (χ3v) is 8.28. The summed E-state index contributed by atoms with van der Waals surface area (Å²) in [4.78, 5) is 38.7. The van der Waals surface area contributed by atoms with Crippen LogP contribution in [0.15, 0.2) is 33.9 Å². The molecule has 0 radical (unpaired) electrons. The topological polar surface area (TPSA) is 117 Å². The number of hydrogen-bond acceptors (Lipinski definition) is 7. The van der Waals surface area contributed by atoms with Gasteiger partial charge in [0.15, 0.2) is 0 Å². The normalized spacial score (nSPS) is 19.9. The zero-order valence-corrected chi connectivity index (χ0v) is 23.3. The Labute approximate surface area is 234 Å². The van der Waals surface area contributed by atoms with E-state index in [1.54, 1.807) is 25.3 Å². The predicted molar refractivity (Wildman–Crippen MR) is 153 cm³/mol. The van der Waals surface area contributed by atoms with Crippen LogP contribution in [0.25, 0.3) is 0 Å². The number of carboxylic acid groups (broad SMARTS) is 1. The van der Waals surface area contributed by atoms with Gasteiger partial charge in [0, 0.05) is 57.5 Å². The molecule has 1 saturated heterocycles. The van der Waals surface area contributed by atoms with Gasteiger partial charge in [-0.15, -0.1) is 0 Å². The first-order chi connectivity index (χ1) is 19.4. The van der Waals surface area contributed by atoms with E-state index in [1.165, 1.54) is 12.5 Å². The van der Waals surface area contributed by atoms with Crippen molar-refractivity contribution in [1.29, 1.82) is 0 Å². The second-order valence-corrected chi connectivity index (χ2v) is 11.2. The van der Waals surface area contributed by atoms with Crippen molar-refractivity contribution in [2.45, 2.75) is 69.9 Å². The first-order valence-electron chi connectivity index (χ1n) is 14.6. The van der Waals surface area contributed by atoms with E-state index in [0.717, 1.165) is 44.9 Å². The maximum absolute atomic E-state index is 14.9. The van der Waals surface area contributed by atoms with Gasteiger partial charge in [0.1, 0.15) is 17.2 Å². The summed E-state index contributed by atoms with van der Waals surface area (Å²) >= 11 is 0. The van der Waals surface area contributed by atoms with Crippen LogP contribution in [0.1, 0.15) is 69.5 Å². The first-order valence-corrected chi connectivity index (χ1v) is 14.6. The van der Waals surface area contributed by atoms with Gasteiger partial charge < -0.3 is 30.1 Å². The van der Waals surface area contributed by atoms with E-state index < -0.39 is 23.1 Å². The zero-order chi connectivity index (χ0) is 28.5. The maximum Gasteiger partial charge on any atom is 0.404 e. The van der Waals surface area contributed by atoms with Crippen molar-refractivity contribution in [2.24, 2.45) is 11.8 Å². The fraction of sp³-hybridized carbons (Fsp3) is 0.633. The smallest absolute Gasteiger partial charge is 0.404 e. The number of halogens is 1. The molecule has 10 heteroatoms. The van der Waals surface area contributed by atoms with Crippen molar-refractivity contribution in [2.75, 3.05) is 50.2 Å². The molecule has 0 bridgehead atoms. The number of hydrogen-bond donors (Lipinski definition) is 3. The molecule has 2 unspecified atom stereocenters. The SMILES string of the molecule is COCCCOC(c1ccccc1F)C1CCCN(c2c(N[C@@H](CNC(=O)O)CC3CCCCC3)c(=O)c2=O)C1. The van der Waals surface area contributed by atoms with Gasteiger partial charge in [0.05, 0.1) is 6.10 Å². The van der Waals surface area contributed by atoms with E-state index in [-0.39, 0.29) is 30.0 Å². The Hall–Kier alpha value is -2.98. The molecule has 1 heterocycles. The monoisotopic (exact) mass is 559 g/mol. The van der Waals surface area contributed by atoms with E-state index >= 15 is 0 Å². The molecule has 9 nitrogen and oxygen atoms in total. The minimum absolute atomic E-state index is 0.0860. The summed E-state index contributed by atoms with van der Waals surface area (Å²) in [5, 5.41) is 14.9. The summed E-state index contributed by atoms with van der Waals surface area (Å²) in [6.07, 6.45) is 7.03. The van der Waals surface area contributed by atoms with Crippen LogP contribution in [0.3, 0.4) is 0 Å². The van der Waals surface area contributed by atoms with E-state index in [2.05, 4.69) is 10.6 Å². The Bertz CT molecular complexity index is 1180. The number of carbonyl (C=O) groups is 1. The number of methoxy groups -OCH3 is 1. The highest BCUT2D eigenvalue weighted by Gasteiger charge is 2.35. The number of anilines is 2. The molecule has 3 atom stereocenters. The molecule has 3 N–H and O–H groups in total. The highest BCUT2D eigenvalue weighted by Crippen LogP contribution is 2.37. The maximum atomic E-state index is 14.9. The number of benzene rings is 1. The summed E-state index contributed by atoms with van der Waals surface area (Å²) in [7, 11) is 1.63. The molecule has 40 heavy (non-hydrogen) atoms. The van der Waals surface area contributed by atoms with Crippen molar-refractivity contribution >= 4 is 17.5 Å². The van der Waals surface area contributed by atoms with Gasteiger partial charge >= 0.3 is 6.09 Å². The standard InChI is InChI=1S/C30H42FN3O6/c1-39-15-8-16-40-29(23-12-5-6-13-24(23)31)21-11-7-14-34(19-21)26-25(27(35)28(26)36)33-22(18-32-30(37)38)17-20-9-3-2-4-10-20/h5-6,12-13,20-22,29,32-33H,2-4,7-11,14-19H2,1H3,(H,37,38)/t21?,22-,29?/m1/s1. The summed E-state index contributed by atoms with van der Waals surface area (Å²) in [6, 6.07) is 6.32. The minimum Gasteiger partial charge on any atom is -0.465 e. The molecule has 1 aliphatic heterocycles. The van der Waals surface area contributed by atoms with Crippen LogP contribution < -0.4 is 26.4 Å². The summed E-state index contributed by atoms with van der Waals surface area (Å²) in [5.74, 6) is 0.0365. The Morgan fingerprint density at radius 3 is 2.60 bits per heavy atom. The van der Waals surface area contributed by atoms with Crippen LogP contribution in [0.4, 0.5) is 20.6 Å². The lowest BCUT2D eigenvalue weighted by Gasteiger charge is -2.39. The Morgan fingerprint density at radius 1 is 1.10 bits per heavy atom. The van der Waals surface area contributed by atoms with Crippen molar-refractivity contribution in [3.63, 3.8) is 0 Å². The fourth-order valence-corrected chi connectivity index (χ4v) is 6.31. The lowest BCUT2D eigenvalue weighted by atomic mass is 9.84. The Morgan fingerprint density at radius 2 is 1.88 bits per heavy atom. The second kappa shape index (κ2) is 14.6. The average molecular weight is 560 g/mol. The highest BCUT2D eigenvalue weighted by atomic mass is 19.1. The third-order valence-electron chi connectivity index (χ3n) is 8.28. The van der Waals surface area contributed by atoms with Crippen LogP contribution in [-0.2, 0) is 9.47 Å². The number of nitrogens with zero attached hydrogens (tertiary/aromatic N) is 1. The molecular weight excluding hydrogens is 517 g/mol. The van der Waals surface area contributed by atoms with Crippen LogP contribution >= 0.6 is 0 Å². The zero-order valence-electron chi connectivity index (χ0n) is 23.3. The number of rotatable bonds is 14. The molecule has 0 aromatic heterocycles. The van der Waals surface area contributed by atoms with E-state index in [4.69, 9.17) is 9.47 Å². The van der Waals surface area contributed by atoms with Crippen LogP contribution in [0.5, 0.6) is 0 Å². The molecule has 4 rings (SSSR count). The van der Waals surface area contributed by atoms with Crippen molar-refractivity contribution in [3.05, 3.63) is 56.1 Å². The summed E-state index contributed by atoms with van der Waals surface area (Å²) in [6.45, 7) is 2.15. The van der Waals surface area contributed by atoms with Crippen LogP contribution in [0, 0.1) is 17.7 Å². The molecule has 2 fully saturated rings. The van der Waals surface area contributed by atoms with Crippen LogP contribution in [-0.4, -0.2) is 57.2 Å². The number of ether oxygens (including phenoxy) is 2. The molecule has 1 saturated carbocycles. The second-order valence-electron chi connectivity index (χ2n) is 11.2. The number of piperidine rings is 1. The Kier molecular flexibility index (Phi) is 10.9. The summed E-state index contributed by atoms with van der Waals surface area (Å²) < 4.78 is 26.2. The van der Waals surface area contributed by atoms with E-state index in [1.807, 2.05) is 4.90 Å². The molecule has 2 aliphatic rings. The third kappa shape index (κ3) is 7.60. The molecular formula is C30H42FN3O6. The molecule has 0 spiro atoms. The van der Waals surface area contributed by atoms with Crippen molar-refractivity contribution < 1.29 is 23.8 Å². The largest absolute Gasteiger partial charge is 0.465 e. The lowest BCUT2D eigenvalue weighted by molar-refractivity contribution is -0.00433. The van der Waals surface area contributed by atoms with E-state index in [0.29, 0.717) is 49.9 Å². The highest BCUT2D eigenvalue weighted by molar-refractivity contribution is 5.76. The molecule has 2 aromatic rings. The van der Waals surface area contributed by atoms with Crippen molar-refractivity contribution in [3.8, 4) is 0 Å². The predicted octanol–water partition coefficient (Wildman–Crippen LogP) is 4.45. The molecule has 220 valence electrons. The molecule has 1 amide bonds. The van der Waals surface area contributed by atoms with Gasteiger partial charge in [0.25, 0.3) is 10.9 Å². The van der Waals surface area contributed by atoms with Gasteiger partial charge in [-0.25, -0.2) is 9.18 Å². The molecule has 2 aromatic carbocycles. The van der Waals surface area contributed by atoms with Gasteiger partial charge in [0.2, 0.25) is 0 Å². The van der Waals surface area contributed by atoms with E-state index in [9.17, 15) is 23.9 Å². The number of amides is 1. The molecule has 1 aliphatic carbocycles. The minimum atomic E-state index is -1.12. The average Bonchev–Trinajstić information content (AvgIpc) is 2.96. The Balaban J connectivity index is 1.51. The lowest BCUT2D eigenvalue weighted by Crippen LogP contribution is -2.49. The van der Waals surface area contributed by atoms with Gasteiger partial charge in [-0.05, 0) is 37.7 Å². The quantitative estimate of drug-likeness (QED) is 0.230. The van der Waals surface area contributed by atoms with Gasteiger partial charge in [-0.3, -0.25) is 9.59 Å².